The van der Waals surface area contributed by atoms with Crippen LogP contribution in [0, 0.1) is 12.8 Å². The fraction of sp³-hybridized carbons (Fsp3) is 0.348. The van der Waals surface area contributed by atoms with Crippen LogP contribution in [0.25, 0.3) is 0 Å². The SMILES string of the molecule is COc1ccc(/C=N\NC(=O)C2CCN(C(=O)c3ccccc3C)CC2)c(OC)c1. The van der Waals surface area contributed by atoms with Gasteiger partial charge in [0.25, 0.3) is 5.91 Å². The summed E-state index contributed by atoms with van der Waals surface area (Å²) in [5.41, 5.74) is 5.02. The van der Waals surface area contributed by atoms with E-state index in [1.807, 2.05) is 42.2 Å². The maximum absolute atomic E-state index is 12.7. The van der Waals surface area contributed by atoms with Crippen molar-refractivity contribution in [1.82, 2.24) is 10.3 Å². The number of carbonyl (C=O) groups excluding carboxylic acids is 2. The minimum absolute atomic E-state index is 0.0246. The lowest BCUT2D eigenvalue weighted by atomic mass is 9.95. The quantitative estimate of drug-likeness (QED) is 0.588. The van der Waals surface area contributed by atoms with E-state index in [-0.39, 0.29) is 17.7 Å². The predicted molar refractivity (Wildman–Crippen MR) is 115 cm³/mol. The molecule has 2 aromatic carbocycles. The molecule has 30 heavy (non-hydrogen) atoms. The number of nitrogens with zero attached hydrogens (tertiary/aromatic N) is 2. The molecular weight excluding hydrogens is 382 g/mol. The lowest BCUT2D eigenvalue weighted by Crippen LogP contribution is -2.42. The number of amides is 2. The molecule has 0 radical (unpaired) electrons. The van der Waals surface area contributed by atoms with E-state index in [0.29, 0.717) is 37.4 Å². The molecular formula is C23H27N3O4. The zero-order chi connectivity index (χ0) is 21.5. The molecule has 7 heteroatoms. The highest BCUT2D eigenvalue weighted by molar-refractivity contribution is 5.95. The molecule has 2 amide bonds. The average molecular weight is 409 g/mol. The van der Waals surface area contributed by atoms with Crippen molar-refractivity contribution in [2.24, 2.45) is 11.0 Å². The number of rotatable bonds is 6. The first kappa shape index (κ1) is 21.4. The molecule has 1 aliphatic rings. The van der Waals surface area contributed by atoms with Crippen molar-refractivity contribution in [2.45, 2.75) is 19.8 Å². The minimum atomic E-state index is -0.166. The number of methoxy groups -OCH3 is 2. The second-order valence-electron chi connectivity index (χ2n) is 7.22. The van der Waals surface area contributed by atoms with Crippen molar-refractivity contribution in [1.29, 1.82) is 0 Å². The van der Waals surface area contributed by atoms with Gasteiger partial charge in [-0.3, -0.25) is 9.59 Å². The molecule has 0 unspecified atom stereocenters. The molecule has 3 rings (SSSR count). The largest absolute Gasteiger partial charge is 0.497 e. The van der Waals surface area contributed by atoms with Gasteiger partial charge in [-0.15, -0.1) is 0 Å². The Morgan fingerprint density at radius 1 is 1.10 bits per heavy atom. The summed E-state index contributed by atoms with van der Waals surface area (Å²) in [6, 6.07) is 12.9. The maximum Gasteiger partial charge on any atom is 0.254 e. The summed E-state index contributed by atoms with van der Waals surface area (Å²) in [5.74, 6) is 1.01. The smallest absolute Gasteiger partial charge is 0.254 e. The van der Waals surface area contributed by atoms with E-state index in [0.717, 1.165) is 16.7 Å². The van der Waals surface area contributed by atoms with Crippen molar-refractivity contribution in [3.8, 4) is 11.5 Å². The molecule has 2 aromatic rings. The first-order valence-corrected chi connectivity index (χ1v) is 9.93. The molecule has 1 N–H and O–H groups in total. The number of piperidine rings is 1. The zero-order valence-corrected chi connectivity index (χ0v) is 17.6. The number of hydrogen-bond acceptors (Lipinski definition) is 5. The molecule has 1 fully saturated rings. The number of ether oxygens (including phenoxy) is 2. The van der Waals surface area contributed by atoms with Crippen molar-refractivity contribution < 1.29 is 19.1 Å². The highest BCUT2D eigenvalue weighted by Gasteiger charge is 2.28. The summed E-state index contributed by atoms with van der Waals surface area (Å²) in [4.78, 5) is 27.0. The highest BCUT2D eigenvalue weighted by Crippen LogP contribution is 2.23. The van der Waals surface area contributed by atoms with Crippen LogP contribution >= 0.6 is 0 Å². The summed E-state index contributed by atoms with van der Waals surface area (Å²) >= 11 is 0. The topological polar surface area (TPSA) is 80.2 Å². The van der Waals surface area contributed by atoms with Gasteiger partial charge in [0.05, 0.1) is 20.4 Å². The third-order valence-electron chi connectivity index (χ3n) is 5.35. The maximum atomic E-state index is 12.7. The van der Waals surface area contributed by atoms with Gasteiger partial charge in [0.2, 0.25) is 5.91 Å². The summed E-state index contributed by atoms with van der Waals surface area (Å²) in [6.07, 6.45) is 2.78. The van der Waals surface area contributed by atoms with E-state index in [2.05, 4.69) is 10.5 Å². The van der Waals surface area contributed by atoms with E-state index < -0.39 is 0 Å². The Morgan fingerprint density at radius 2 is 1.83 bits per heavy atom. The third kappa shape index (κ3) is 4.97. The van der Waals surface area contributed by atoms with Crippen LogP contribution in [0.4, 0.5) is 0 Å². The van der Waals surface area contributed by atoms with E-state index in [1.54, 1.807) is 32.6 Å². The number of benzene rings is 2. The van der Waals surface area contributed by atoms with Gasteiger partial charge >= 0.3 is 0 Å². The number of likely N-dealkylation sites (tertiary alicyclic amines) is 1. The molecule has 0 bridgehead atoms. The van der Waals surface area contributed by atoms with Crippen molar-refractivity contribution in [2.75, 3.05) is 27.3 Å². The van der Waals surface area contributed by atoms with E-state index in [1.165, 1.54) is 0 Å². The number of hydrogen-bond donors (Lipinski definition) is 1. The molecule has 0 aliphatic carbocycles. The number of hydrazone groups is 1. The standard InChI is InChI=1S/C23H27N3O4/c1-16-6-4-5-7-20(16)23(28)26-12-10-17(11-13-26)22(27)25-24-15-18-8-9-19(29-2)14-21(18)30-3/h4-9,14-15,17H,10-13H2,1-3H3,(H,25,27)/b24-15-. The van der Waals surface area contributed by atoms with E-state index in [9.17, 15) is 9.59 Å². The van der Waals surface area contributed by atoms with Gasteiger partial charge in [0, 0.05) is 36.2 Å². The van der Waals surface area contributed by atoms with Crippen LogP contribution in [0.1, 0.15) is 34.3 Å². The van der Waals surface area contributed by atoms with Crippen molar-refractivity contribution in [3.05, 3.63) is 59.2 Å². The van der Waals surface area contributed by atoms with Crippen LogP contribution in [-0.2, 0) is 4.79 Å². The summed E-state index contributed by atoms with van der Waals surface area (Å²) in [7, 11) is 3.15. The fourth-order valence-electron chi connectivity index (χ4n) is 3.51. The fourth-order valence-corrected chi connectivity index (χ4v) is 3.51. The van der Waals surface area contributed by atoms with Crippen LogP contribution in [0.15, 0.2) is 47.6 Å². The van der Waals surface area contributed by atoms with Crippen molar-refractivity contribution in [3.63, 3.8) is 0 Å². The normalized spacial score (nSPS) is 14.6. The minimum Gasteiger partial charge on any atom is -0.497 e. The summed E-state index contributed by atoms with van der Waals surface area (Å²) in [5, 5.41) is 4.07. The van der Waals surface area contributed by atoms with Crippen LogP contribution < -0.4 is 14.9 Å². The lowest BCUT2D eigenvalue weighted by Gasteiger charge is -2.31. The predicted octanol–water partition coefficient (Wildman–Crippen LogP) is 3.01. The molecule has 1 aliphatic heterocycles. The van der Waals surface area contributed by atoms with E-state index in [4.69, 9.17) is 9.47 Å². The molecule has 1 heterocycles. The van der Waals surface area contributed by atoms with Crippen LogP contribution in [0.3, 0.4) is 0 Å². The summed E-state index contributed by atoms with van der Waals surface area (Å²) < 4.78 is 10.5. The molecule has 0 atom stereocenters. The first-order chi connectivity index (χ1) is 14.5. The highest BCUT2D eigenvalue weighted by atomic mass is 16.5. The Morgan fingerprint density at radius 3 is 2.50 bits per heavy atom. The Bertz CT molecular complexity index is 934. The zero-order valence-electron chi connectivity index (χ0n) is 17.6. The Kier molecular flexibility index (Phi) is 7.06. The molecule has 158 valence electrons. The Balaban J connectivity index is 1.53. The molecule has 7 nitrogen and oxygen atoms in total. The van der Waals surface area contributed by atoms with Gasteiger partial charge < -0.3 is 14.4 Å². The summed E-state index contributed by atoms with van der Waals surface area (Å²) in [6.45, 7) is 3.05. The first-order valence-electron chi connectivity index (χ1n) is 9.93. The van der Waals surface area contributed by atoms with Crippen LogP contribution in [-0.4, -0.2) is 50.2 Å². The van der Waals surface area contributed by atoms with Crippen LogP contribution in [0.5, 0.6) is 11.5 Å². The van der Waals surface area contributed by atoms with Gasteiger partial charge in [-0.25, -0.2) is 5.43 Å². The third-order valence-corrected chi connectivity index (χ3v) is 5.35. The lowest BCUT2D eigenvalue weighted by molar-refractivity contribution is -0.126. The average Bonchev–Trinajstić information content (AvgIpc) is 2.79. The van der Waals surface area contributed by atoms with Gasteiger partial charge in [-0.05, 0) is 43.5 Å². The molecule has 0 aromatic heterocycles. The Labute approximate surface area is 176 Å². The Hall–Kier alpha value is -3.35. The number of nitrogens with one attached hydrogen (secondary N) is 1. The van der Waals surface area contributed by atoms with Crippen molar-refractivity contribution >= 4 is 18.0 Å². The van der Waals surface area contributed by atoms with E-state index >= 15 is 0 Å². The van der Waals surface area contributed by atoms with Gasteiger partial charge in [-0.1, -0.05) is 18.2 Å². The second-order valence-corrected chi connectivity index (χ2v) is 7.22. The molecule has 1 saturated heterocycles. The van der Waals surface area contributed by atoms with Gasteiger partial charge in [0.1, 0.15) is 11.5 Å². The molecule has 0 saturated carbocycles. The number of aryl methyl sites for hydroxylation is 1. The van der Waals surface area contributed by atoms with Crippen LogP contribution in [0.2, 0.25) is 0 Å². The van der Waals surface area contributed by atoms with Gasteiger partial charge in [0.15, 0.2) is 0 Å². The van der Waals surface area contributed by atoms with Gasteiger partial charge in [-0.2, -0.15) is 5.10 Å². The monoisotopic (exact) mass is 409 g/mol. The molecule has 0 spiro atoms. The second kappa shape index (κ2) is 9.91. The number of carbonyl (C=O) groups is 2.